The molecule has 1 aromatic rings. The van der Waals surface area contributed by atoms with Gasteiger partial charge in [-0.25, -0.2) is 0 Å². The van der Waals surface area contributed by atoms with Gasteiger partial charge in [-0.2, -0.15) is 0 Å². The molecule has 0 saturated heterocycles. The average Bonchev–Trinajstić information content (AvgIpc) is 2.27. The fourth-order valence-corrected chi connectivity index (χ4v) is 1.97. The lowest BCUT2D eigenvalue weighted by molar-refractivity contribution is 0.0544. The standard InChI is InChI=1S/C12H18BrNO2/c1-9(7-14-2)16-8-10-4-5-12(15-3)11(13)6-10/h4-6,9,14H,7-8H2,1-3H3. The highest BCUT2D eigenvalue weighted by Crippen LogP contribution is 2.25. The fourth-order valence-electron chi connectivity index (χ4n) is 1.38. The highest BCUT2D eigenvalue weighted by molar-refractivity contribution is 9.10. The highest BCUT2D eigenvalue weighted by atomic mass is 79.9. The largest absolute Gasteiger partial charge is 0.496 e. The van der Waals surface area contributed by atoms with Gasteiger partial charge in [-0.3, -0.25) is 0 Å². The van der Waals surface area contributed by atoms with E-state index in [1.807, 2.05) is 25.2 Å². The van der Waals surface area contributed by atoms with Crippen molar-refractivity contribution in [3.05, 3.63) is 28.2 Å². The molecular formula is C12H18BrNO2. The summed E-state index contributed by atoms with van der Waals surface area (Å²) in [5, 5.41) is 3.08. The Morgan fingerprint density at radius 1 is 1.44 bits per heavy atom. The van der Waals surface area contributed by atoms with Gasteiger partial charge in [-0.05, 0) is 47.6 Å². The zero-order chi connectivity index (χ0) is 12.0. The minimum atomic E-state index is 0.214. The third-order valence-corrected chi connectivity index (χ3v) is 2.86. The number of nitrogens with one attached hydrogen (secondary N) is 1. The average molecular weight is 288 g/mol. The van der Waals surface area contributed by atoms with Crippen LogP contribution in [0.15, 0.2) is 22.7 Å². The van der Waals surface area contributed by atoms with Gasteiger partial charge < -0.3 is 14.8 Å². The van der Waals surface area contributed by atoms with Crippen LogP contribution < -0.4 is 10.1 Å². The van der Waals surface area contributed by atoms with Gasteiger partial charge in [0.1, 0.15) is 5.75 Å². The lowest BCUT2D eigenvalue weighted by Crippen LogP contribution is -2.23. The zero-order valence-corrected chi connectivity index (χ0v) is 11.5. The molecule has 0 radical (unpaired) electrons. The summed E-state index contributed by atoms with van der Waals surface area (Å²) in [4.78, 5) is 0. The van der Waals surface area contributed by atoms with Crippen LogP contribution >= 0.6 is 15.9 Å². The maximum Gasteiger partial charge on any atom is 0.133 e. The van der Waals surface area contributed by atoms with Gasteiger partial charge in [0.2, 0.25) is 0 Å². The Balaban J connectivity index is 2.51. The number of hydrogen-bond donors (Lipinski definition) is 1. The zero-order valence-electron chi connectivity index (χ0n) is 9.92. The number of benzene rings is 1. The first kappa shape index (κ1) is 13.5. The first-order valence-electron chi connectivity index (χ1n) is 5.26. The minimum absolute atomic E-state index is 0.214. The quantitative estimate of drug-likeness (QED) is 0.872. The molecule has 0 saturated carbocycles. The van der Waals surface area contributed by atoms with Crippen LogP contribution in [-0.2, 0) is 11.3 Å². The number of hydrogen-bond acceptors (Lipinski definition) is 3. The highest BCUT2D eigenvalue weighted by Gasteiger charge is 2.04. The van der Waals surface area contributed by atoms with Gasteiger partial charge >= 0.3 is 0 Å². The summed E-state index contributed by atoms with van der Waals surface area (Å²) in [7, 11) is 3.58. The molecule has 0 bridgehead atoms. The van der Waals surface area contributed by atoms with Crippen molar-refractivity contribution in [3.8, 4) is 5.75 Å². The van der Waals surface area contributed by atoms with Crippen LogP contribution in [0.5, 0.6) is 5.75 Å². The molecule has 0 spiro atoms. The Hall–Kier alpha value is -0.580. The Labute approximate surface area is 105 Å². The maximum absolute atomic E-state index is 5.67. The summed E-state index contributed by atoms with van der Waals surface area (Å²) in [6, 6.07) is 5.96. The van der Waals surface area contributed by atoms with Gasteiger partial charge in [0, 0.05) is 6.54 Å². The molecule has 16 heavy (non-hydrogen) atoms. The molecule has 0 aromatic heterocycles. The van der Waals surface area contributed by atoms with Crippen molar-refractivity contribution in [1.29, 1.82) is 0 Å². The third kappa shape index (κ3) is 4.12. The lowest BCUT2D eigenvalue weighted by atomic mass is 10.2. The third-order valence-electron chi connectivity index (χ3n) is 2.24. The van der Waals surface area contributed by atoms with Crippen molar-refractivity contribution in [3.63, 3.8) is 0 Å². The second-order valence-corrected chi connectivity index (χ2v) is 4.50. The summed E-state index contributed by atoms with van der Waals surface area (Å²) in [5.74, 6) is 0.840. The van der Waals surface area contributed by atoms with Crippen molar-refractivity contribution in [2.75, 3.05) is 20.7 Å². The summed E-state index contributed by atoms with van der Waals surface area (Å²) >= 11 is 3.45. The van der Waals surface area contributed by atoms with Crippen molar-refractivity contribution >= 4 is 15.9 Å². The van der Waals surface area contributed by atoms with E-state index in [-0.39, 0.29) is 6.10 Å². The van der Waals surface area contributed by atoms with Crippen molar-refractivity contribution in [1.82, 2.24) is 5.32 Å². The smallest absolute Gasteiger partial charge is 0.133 e. The fraction of sp³-hybridized carbons (Fsp3) is 0.500. The van der Waals surface area contributed by atoms with E-state index in [1.54, 1.807) is 7.11 Å². The van der Waals surface area contributed by atoms with Gasteiger partial charge in [0.15, 0.2) is 0 Å². The number of likely N-dealkylation sites (N-methyl/N-ethyl adjacent to an activating group) is 1. The second-order valence-electron chi connectivity index (χ2n) is 3.65. The number of rotatable bonds is 6. The Kier molecular flexibility index (Phi) is 5.80. The van der Waals surface area contributed by atoms with E-state index < -0.39 is 0 Å². The summed E-state index contributed by atoms with van der Waals surface area (Å²) < 4.78 is 11.8. The van der Waals surface area contributed by atoms with Gasteiger partial charge in [-0.15, -0.1) is 0 Å². The molecule has 3 nitrogen and oxygen atoms in total. The van der Waals surface area contributed by atoms with Crippen LogP contribution in [0.1, 0.15) is 12.5 Å². The summed E-state index contributed by atoms with van der Waals surface area (Å²) in [6.07, 6.45) is 0.214. The van der Waals surface area contributed by atoms with Crippen LogP contribution in [0.2, 0.25) is 0 Å². The molecule has 0 heterocycles. The van der Waals surface area contributed by atoms with Crippen molar-refractivity contribution < 1.29 is 9.47 Å². The van der Waals surface area contributed by atoms with E-state index in [2.05, 4.69) is 28.2 Å². The molecule has 1 N–H and O–H groups in total. The van der Waals surface area contributed by atoms with Crippen LogP contribution in [0.4, 0.5) is 0 Å². The molecule has 1 atom stereocenters. The first-order valence-corrected chi connectivity index (χ1v) is 6.05. The number of methoxy groups -OCH3 is 1. The molecule has 90 valence electrons. The van der Waals surface area contributed by atoms with Gasteiger partial charge in [0.25, 0.3) is 0 Å². The predicted octanol–water partition coefficient (Wildman–Crippen LogP) is 2.58. The molecule has 0 aliphatic carbocycles. The molecular weight excluding hydrogens is 270 g/mol. The summed E-state index contributed by atoms with van der Waals surface area (Å²) in [6.45, 7) is 3.53. The van der Waals surface area contributed by atoms with E-state index in [4.69, 9.17) is 9.47 Å². The van der Waals surface area contributed by atoms with E-state index in [0.717, 1.165) is 22.3 Å². The molecule has 1 aromatic carbocycles. The lowest BCUT2D eigenvalue weighted by Gasteiger charge is -2.13. The number of halogens is 1. The molecule has 0 aliphatic rings. The molecule has 0 fully saturated rings. The predicted molar refractivity (Wildman–Crippen MR) is 68.9 cm³/mol. The molecule has 1 unspecified atom stereocenters. The van der Waals surface area contributed by atoms with E-state index >= 15 is 0 Å². The topological polar surface area (TPSA) is 30.5 Å². The normalized spacial score (nSPS) is 12.5. The van der Waals surface area contributed by atoms with Crippen molar-refractivity contribution in [2.24, 2.45) is 0 Å². The Bertz CT molecular complexity index is 331. The molecule has 1 rings (SSSR count). The van der Waals surface area contributed by atoms with Crippen LogP contribution in [-0.4, -0.2) is 26.8 Å². The molecule has 0 aliphatic heterocycles. The Morgan fingerprint density at radius 2 is 2.19 bits per heavy atom. The van der Waals surface area contributed by atoms with Gasteiger partial charge in [0.05, 0.1) is 24.3 Å². The molecule has 0 amide bonds. The number of ether oxygens (including phenoxy) is 2. The van der Waals surface area contributed by atoms with Crippen LogP contribution in [0.3, 0.4) is 0 Å². The second kappa shape index (κ2) is 6.89. The van der Waals surface area contributed by atoms with Crippen LogP contribution in [0.25, 0.3) is 0 Å². The summed E-state index contributed by atoms with van der Waals surface area (Å²) in [5.41, 5.74) is 1.13. The van der Waals surface area contributed by atoms with E-state index in [9.17, 15) is 0 Å². The van der Waals surface area contributed by atoms with Crippen molar-refractivity contribution in [2.45, 2.75) is 19.6 Å². The Morgan fingerprint density at radius 3 is 2.75 bits per heavy atom. The monoisotopic (exact) mass is 287 g/mol. The maximum atomic E-state index is 5.67. The molecule has 4 heteroatoms. The van der Waals surface area contributed by atoms with E-state index in [1.165, 1.54) is 0 Å². The van der Waals surface area contributed by atoms with E-state index in [0.29, 0.717) is 6.61 Å². The van der Waals surface area contributed by atoms with Crippen LogP contribution in [0, 0.1) is 0 Å². The SMILES string of the molecule is CNCC(C)OCc1ccc(OC)c(Br)c1. The first-order chi connectivity index (χ1) is 7.67. The minimum Gasteiger partial charge on any atom is -0.496 e. The van der Waals surface area contributed by atoms with Gasteiger partial charge in [-0.1, -0.05) is 6.07 Å².